The van der Waals surface area contributed by atoms with Crippen molar-refractivity contribution in [1.29, 1.82) is 0 Å². The molecule has 1 aromatic rings. The highest BCUT2D eigenvalue weighted by Gasteiger charge is 2.26. The van der Waals surface area contributed by atoms with Gasteiger partial charge in [-0.2, -0.15) is 0 Å². The van der Waals surface area contributed by atoms with Crippen LogP contribution in [-0.2, 0) is 16.0 Å². The van der Waals surface area contributed by atoms with Gasteiger partial charge in [-0.15, -0.1) is 0 Å². The number of aliphatic carboxylic acids is 1. The lowest BCUT2D eigenvalue weighted by atomic mass is 9.93. The van der Waals surface area contributed by atoms with Crippen molar-refractivity contribution < 1.29 is 14.7 Å². The Labute approximate surface area is 118 Å². The number of amides is 1. The molecule has 2 rings (SSSR count). The molecule has 3 N–H and O–H groups in total. The Hall–Kier alpha value is -1.88. The van der Waals surface area contributed by atoms with Crippen LogP contribution in [0.2, 0.25) is 0 Å². The molecule has 2 atom stereocenters. The molecule has 0 radical (unpaired) electrons. The second-order valence-corrected chi connectivity index (χ2v) is 5.18. The van der Waals surface area contributed by atoms with Crippen LogP contribution in [-0.4, -0.2) is 29.6 Å². The van der Waals surface area contributed by atoms with Gasteiger partial charge in [0, 0.05) is 19.0 Å². The van der Waals surface area contributed by atoms with Crippen LogP contribution in [0.3, 0.4) is 0 Å². The first-order valence-electron chi connectivity index (χ1n) is 6.91. The second kappa shape index (κ2) is 6.52. The van der Waals surface area contributed by atoms with Gasteiger partial charge in [-0.1, -0.05) is 24.3 Å². The molecule has 5 nitrogen and oxygen atoms in total. The molecule has 20 heavy (non-hydrogen) atoms. The molecule has 0 aliphatic carbocycles. The minimum Gasteiger partial charge on any atom is -0.481 e. The first kappa shape index (κ1) is 14.5. The fourth-order valence-corrected chi connectivity index (χ4v) is 2.48. The predicted octanol–water partition coefficient (Wildman–Crippen LogP) is 1.24. The first-order chi connectivity index (χ1) is 9.58. The quantitative estimate of drug-likeness (QED) is 0.756. The van der Waals surface area contributed by atoms with E-state index in [0.29, 0.717) is 6.42 Å². The lowest BCUT2D eigenvalue weighted by Gasteiger charge is -2.27. The average molecular weight is 276 g/mol. The van der Waals surface area contributed by atoms with Gasteiger partial charge in [0.1, 0.15) is 6.04 Å². The molecular weight excluding hydrogens is 256 g/mol. The number of fused-ring (bicyclic) bond motifs is 1. The number of carboxylic acid groups (broad SMARTS) is 1. The smallest absolute Gasteiger partial charge is 0.303 e. The molecule has 0 fully saturated rings. The van der Waals surface area contributed by atoms with E-state index < -0.39 is 5.97 Å². The number of hydrogen-bond acceptors (Lipinski definition) is 3. The van der Waals surface area contributed by atoms with Crippen molar-refractivity contribution in [3.8, 4) is 0 Å². The van der Waals surface area contributed by atoms with Gasteiger partial charge >= 0.3 is 5.97 Å². The number of nitrogens with one attached hydrogen (secondary N) is 2. The number of hydrogen-bond donors (Lipinski definition) is 3. The molecule has 0 saturated heterocycles. The van der Waals surface area contributed by atoms with Crippen molar-refractivity contribution in [2.45, 2.75) is 38.3 Å². The Morgan fingerprint density at radius 1 is 1.45 bits per heavy atom. The fourth-order valence-electron chi connectivity index (χ4n) is 2.48. The molecule has 108 valence electrons. The third-order valence-electron chi connectivity index (χ3n) is 3.55. The van der Waals surface area contributed by atoms with Crippen LogP contribution in [0, 0.1) is 0 Å². The third-order valence-corrected chi connectivity index (χ3v) is 3.55. The molecule has 0 saturated carbocycles. The topological polar surface area (TPSA) is 78.4 Å². The molecule has 5 heteroatoms. The van der Waals surface area contributed by atoms with E-state index in [0.717, 1.165) is 18.5 Å². The number of rotatable bonds is 5. The van der Waals surface area contributed by atoms with Crippen LogP contribution < -0.4 is 10.6 Å². The summed E-state index contributed by atoms with van der Waals surface area (Å²) in [5.74, 6) is -0.928. The van der Waals surface area contributed by atoms with E-state index in [9.17, 15) is 9.59 Å². The van der Waals surface area contributed by atoms with Crippen LogP contribution in [0.15, 0.2) is 24.3 Å². The number of benzene rings is 1. The lowest BCUT2D eigenvalue weighted by Crippen LogP contribution is -2.44. The van der Waals surface area contributed by atoms with Crippen molar-refractivity contribution in [2.75, 3.05) is 6.54 Å². The molecule has 0 bridgehead atoms. The van der Waals surface area contributed by atoms with Gasteiger partial charge in [0.2, 0.25) is 5.91 Å². The highest BCUT2D eigenvalue weighted by molar-refractivity contribution is 5.84. The maximum Gasteiger partial charge on any atom is 0.303 e. The molecule has 1 aromatic carbocycles. The monoisotopic (exact) mass is 276 g/mol. The van der Waals surface area contributed by atoms with Crippen LogP contribution in [0.4, 0.5) is 0 Å². The van der Waals surface area contributed by atoms with Gasteiger partial charge in [-0.3, -0.25) is 9.59 Å². The largest absolute Gasteiger partial charge is 0.481 e. The highest BCUT2D eigenvalue weighted by Crippen LogP contribution is 2.22. The average Bonchev–Trinajstić information content (AvgIpc) is 2.44. The van der Waals surface area contributed by atoms with Crippen LogP contribution in [0.1, 0.15) is 36.9 Å². The van der Waals surface area contributed by atoms with Crippen molar-refractivity contribution in [3.05, 3.63) is 35.4 Å². The summed E-state index contributed by atoms with van der Waals surface area (Å²) >= 11 is 0. The van der Waals surface area contributed by atoms with Gasteiger partial charge in [-0.05, 0) is 30.9 Å². The van der Waals surface area contributed by atoms with Gasteiger partial charge in [-0.25, -0.2) is 0 Å². The zero-order chi connectivity index (χ0) is 14.5. The zero-order valence-electron chi connectivity index (χ0n) is 11.6. The summed E-state index contributed by atoms with van der Waals surface area (Å²) in [4.78, 5) is 22.8. The number of carbonyl (C=O) groups is 2. The second-order valence-electron chi connectivity index (χ2n) is 5.18. The minimum absolute atomic E-state index is 0.0656. The molecular formula is C15H20N2O3. The van der Waals surface area contributed by atoms with Crippen LogP contribution in [0.5, 0.6) is 0 Å². The van der Waals surface area contributed by atoms with Gasteiger partial charge in [0.25, 0.3) is 0 Å². The molecule has 1 aliphatic heterocycles. The van der Waals surface area contributed by atoms with Gasteiger partial charge in [0.05, 0.1) is 0 Å². The lowest BCUT2D eigenvalue weighted by molar-refractivity contribution is -0.137. The Kier molecular flexibility index (Phi) is 4.74. The van der Waals surface area contributed by atoms with Gasteiger partial charge < -0.3 is 15.7 Å². The molecule has 0 aromatic heterocycles. The summed E-state index contributed by atoms with van der Waals surface area (Å²) in [6.07, 6.45) is 1.43. The molecule has 2 unspecified atom stereocenters. The van der Waals surface area contributed by atoms with Crippen molar-refractivity contribution >= 4 is 11.9 Å². The van der Waals surface area contributed by atoms with Crippen molar-refractivity contribution in [3.63, 3.8) is 0 Å². The minimum atomic E-state index is -0.841. The van der Waals surface area contributed by atoms with E-state index in [4.69, 9.17) is 5.11 Å². The van der Waals surface area contributed by atoms with Gasteiger partial charge in [0.15, 0.2) is 0 Å². The summed E-state index contributed by atoms with van der Waals surface area (Å²) in [7, 11) is 0. The summed E-state index contributed by atoms with van der Waals surface area (Å²) < 4.78 is 0. The van der Waals surface area contributed by atoms with E-state index in [-0.39, 0.29) is 24.4 Å². The molecule has 1 aliphatic rings. The Morgan fingerprint density at radius 3 is 2.95 bits per heavy atom. The van der Waals surface area contributed by atoms with Crippen LogP contribution >= 0.6 is 0 Å². The zero-order valence-corrected chi connectivity index (χ0v) is 11.6. The SMILES string of the molecule is CC(CCC(=O)O)NC(=O)C1NCCc2ccccc21. The molecule has 0 spiro atoms. The summed E-state index contributed by atoms with van der Waals surface area (Å²) in [5, 5.41) is 14.7. The van der Waals surface area contributed by atoms with E-state index in [1.807, 2.05) is 31.2 Å². The van der Waals surface area contributed by atoms with E-state index in [1.54, 1.807) is 0 Å². The van der Waals surface area contributed by atoms with Crippen molar-refractivity contribution in [2.24, 2.45) is 0 Å². The Balaban J connectivity index is 1.98. The van der Waals surface area contributed by atoms with E-state index >= 15 is 0 Å². The standard InChI is InChI=1S/C15H20N2O3/c1-10(6-7-13(18)19)17-15(20)14-12-5-3-2-4-11(12)8-9-16-14/h2-5,10,14,16H,6-9H2,1H3,(H,17,20)(H,18,19). The Morgan fingerprint density at radius 2 is 2.20 bits per heavy atom. The number of carboxylic acids is 1. The fraction of sp³-hybridized carbons (Fsp3) is 0.467. The maximum absolute atomic E-state index is 12.3. The third kappa shape index (κ3) is 3.57. The molecule has 1 amide bonds. The predicted molar refractivity (Wildman–Crippen MR) is 75.4 cm³/mol. The van der Waals surface area contributed by atoms with E-state index in [1.165, 1.54) is 5.56 Å². The summed E-state index contributed by atoms with van der Waals surface area (Å²) in [5.41, 5.74) is 2.21. The van der Waals surface area contributed by atoms with E-state index in [2.05, 4.69) is 10.6 Å². The highest BCUT2D eigenvalue weighted by atomic mass is 16.4. The van der Waals surface area contributed by atoms with Crippen molar-refractivity contribution in [1.82, 2.24) is 10.6 Å². The maximum atomic E-state index is 12.3. The normalized spacial score (nSPS) is 18.9. The number of carbonyl (C=O) groups excluding carboxylic acids is 1. The molecule has 1 heterocycles. The summed E-state index contributed by atoms with van der Waals surface area (Å²) in [6.45, 7) is 2.61. The van der Waals surface area contributed by atoms with Crippen LogP contribution in [0.25, 0.3) is 0 Å². The Bertz CT molecular complexity index is 502. The first-order valence-corrected chi connectivity index (χ1v) is 6.91. The summed E-state index contributed by atoms with van der Waals surface area (Å²) in [6, 6.07) is 7.44.